The number of aromatic nitrogens is 1. The summed E-state index contributed by atoms with van der Waals surface area (Å²) in [5, 5.41) is 1.53. The van der Waals surface area contributed by atoms with E-state index >= 15 is 0 Å². The van der Waals surface area contributed by atoms with Crippen LogP contribution >= 0.6 is 0 Å². The minimum atomic E-state index is -0.403. The molecule has 4 heteroatoms. The lowest BCUT2D eigenvalue weighted by Gasteiger charge is -2.05. The Morgan fingerprint density at radius 2 is 2.20 bits per heavy atom. The van der Waals surface area contributed by atoms with Crippen LogP contribution in [-0.2, 0) is 4.74 Å². The van der Waals surface area contributed by atoms with Crippen molar-refractivity contribution in [3.63, 3.8) is 0 Å². The number of nitrogen functional groups attached to an aromatic ring is 1. The van der Waals surface area contributed by atoms with Gasteiger partial charge in [-0.1, -0.05) is 12.1 Å². The van der Waals surface area contributed by atoms with Gasteiger partial charge in [-0.2, -0.15) is 0 Å². The maximum atomic E-state index is 11.5. The normalized spacial score (nSPS) is 10.2. The summed E-state index contributed by atoms with van der Waals surface area (Å²) in [6.07, 6.45) is 1.61. The van der Waals surface area contributed by atoms with Crippen molar-refractivity contribution in [2.45, 2.75) is 0 Å². The number of esters is 1. The highest BCUT2D eigenvalue weighted by Crippen LogP contribution is 2.23. The van der Waals surface area contributed by atoms with Crippen molar-refractivity contribution < 1.29 is 9.53 Å². The molecule has 4 nitrogen and oxygen atoms in total. The molecule has 1 heterocycles. The number of methoxy groups -OCH3 is 1. The number of ether oxygens (including phenoxy) is 1. The van der Waals surface area contributed by atoms with E-state index in [0.29, 0.717) is 16.8 Å². The van der Waals surface area contributed by atoms with Crippen LogP contribution in [0.3, 0.4) is 0 Å². The zero-order chi connectivity index (χ0) is 10.8. The smallest absolute Gasteiger partial charge is 0.338 e. The molecule has 0 spiro atoms. The molecule has 0 aliphatic carbocycles. The lowest BCUT2D eigenvalue weighted by Crippen LogP contribution is -2.04. The summed E-state index contributed by atoms with van der Waals surface area (Å²) in [6, 6.07) is 7.14. The molecule has 0 saturated carbocycles. The van der Waals surface area contributed by atoms with E-state index in [0.717, 1.165) is 5.39 Å². The number of nitrogens with two attached hydrogens (primary N) is 1. The molecule has 0 unspecified atom stereocenters. The van der Waals surface area contributed by atoms with E-state index in [4.69, 9.17) is 5.73 Å². The summed E-state index contributed by atoms with van der Waals surface area (Å²) < 4.78 is 4.68. The second-order valence-corrected chi connectivity index (χ2v) is 3.09. The Morgan fingerprint density at radius 1 is 1.40 bits per heavy atom. The maximum absolute atomic E-state index is 11.5. The molecule has 2 rings (SSSR count). The molecule has 0 fully saturated rings. The topological polar surface area (TPSA) is 65.2 Å². The third-order valence-corrected chi connectivity index (χ3v) is 2.23. The van der Waals surface area contributed by atoms with Crippen LogP contribution in [-0.4, -0.2) is 18.1 Å². The molecule has 0 aliphatic rings. The van der Waals surface area contributed by atoms with Crippen molar-refractivity contribution in [1.29, 1.82) is 0 Å². The molecule has 0 atom stereocenters. The summed E-state index contributed by atoms with van der Waals surface area (Å²) in [5.74, 6) is -0.0613. The largest absolute Gasteiger partial charge is 0.465 e. The van der Waals surface area contributed by atoms with Crippen LogP contribution in [0.5, 0.6) is 0 Å². The standard InChI is InChI=1S/C11H10N2O2/c1-15-11(14)8-4-2-3-7-5-6-13-10(12)9(7)8/h2-6H,1H3,(H2,12,13). The number of pyridine rings is 1. The highest BCUT2D eigenvalue weighted by atomic mass is 16.5. The molecule has 0 radical (unpaired) electrons. The molecule has 2 aromatic rings. The summed E-state index contributed by atoms with van der Waals surface area (Å²) >= 11 is 0. The zero-order valence-electron chi connectivity index (χ0n) is 8.23. The third kappa shape index (κ3) is 1.50. The van der Waals surface area contributed by atoms with Gasteiger partial charge in [-0.15, -0.1) is 0 Å². The van der Waals surface area contributed by atoms with E-state index < -0.39 is 5.97 Å². The molecule has 1 aromatic carbocycles. The monoisotopic (exact) mass is 202 g/mol. The number of hydrogen-bond acceptors (Lipinski definition) is 4. The van der Waals surface area contributed by atoms with Gasteiger partial charge in [0.2, 0.25) is 0 Å². The molecule has 1 aromatic heterocycles. The first kappa shape index (κ1) is 9.45. The van der Waals surface area contributed by atoms with Crippen LogP contribution in [0.4, 0.5) is 5.82 Å². The fourth-order valence-corrected chi connectivity index (χ4v) is 1.54. The Balaban J connectivity index is 2.80. The number of fused-ring (bicyclic) bond motifs is 1. The molecular formula is C11H10N2O2. The van der Waals surface area contributed by atoms with Gasteiger partial charge in [0.1, 0.15) is 5.82 Å². The van der Waals surface area contributed by atoms with Gasteiger partial charge in [0.15, 0.2) is 0 Å². The number of nitrogens with zero attached hydrogens (tertiary/aromatic N) is 1. The zero-order valence-corrected chi connectivity index (χ0v) is 8.23. The van der Waals surface area contributed by atoms with Crippen LogP contribution in [0.1, 0.15) is 10.4 Å². The molecule has 0 amide bonds. The Kier molecular flexibility index (Phi) is 2.25. The SMILES string of the molecule is COC(=O)c1cccc2ccnc(N)c12. The minimum absolute atomic E-state index is 0.341. The Labute approximate surface area is 86.7 Å². The Hall–Kier alpha value is -2.10. The number of hydrogen-bond donors (Lipinski definition) is 1. The molecule has 15 heavy (non-hydrogen) atoms. The van der Waals surface area contributed by atoms with E-state index in [1.165, 1.54) is 7.11 Å². The number of carbonyl (C=O) groups excluding carboxylic acids is 1. The van der Waals surface area contributed by atoms with Gasteiger partial charge < -0.3 is 10.5 Å². The first-order chi connectivity index (χ1) is 7.24. The average Bonchev–Trinajstić information content (AvgIpc) is 2.28. The predicted molar refractivity (Wildman–Crippen MR) is 57.5 cm³/mol. The van der Waals surface area contributed by atoms with E-state index in [1.807, 2.05) is 6.07 Å². The molecule has 76 valence electrons. The van der Waals surface area contributed by atoms with Crippen LogP contribution in [0.15, 0.2) is 30.5 Å². The van der Waals surface area contributed by atoms with Gasteiger partial charge in [0.05, 0.1) is 12.7 Å². The van der Waals surface area contributed by atoms with Crippen LogP contribution in [0, 0.1) is 0 Å². The van der Waals surface area contributed by atoms with Gasteiger partial charge >= 0.3 is 5.97 Å². The van der Waals surface area contributed by atoms with E-state index in [2.05, 4.69) is 9.72 Å². The Bertz CT molecular complexity index is 518. The summed E-state index contributed by atoms with van der Waals surface area (Å²) in [6.45, 7) is 0. The molecule has 2 N–H and O–H groups in total. The third-order valence-electron chi connectivity index (χ3n) is 2.23. The summed E-state index contributed by atoms with van der Waals surface area (Å²) in [7, 11) is 1.34. The highest BCUT2D eigenvalue weighted by molar-refractivity contribution is 6.08. The number of benzene rings is 1. The van der Waals surface area contributed by atoms with Crippen molar-refractivity contribution >= 4 is 22.6 Å². The summed E-state index contributed by atoms with van der Waals surface area (Å²) in [5.41, 5.74) is 6.18. The predicted octanol–water partition coefficient (Wildman–Crippen LogP) is 1.60. The molecular weight excluding hydrogens is 192 g/mol. The number of anilines is 1. The van der Waals surface area contributed by atoms with Crippen molar-refractivity contribution in [3.05, 3.63) is 36.0 Å². The second kappa shape index (κ2) is 3.57. The van der Waals surface area contributed by atoms with Crippen molar-refractivity contribution in [1.82, 2.24) is 4.98 Å². The molecule has 0 aliphatic heterocycles. The van der Waals surface area contributed by atoms with Gasteiger partial charge in [0.25, 0.3) is 0 Å². The lowest BCUT2D eigenvalue weighted by atomic mass is 10.1. The van der Waals surface area contributed by atoms with Crippen LogP contribution in [0.2, 0.25) is 0 Å². The fraction of sp³-hybridized carbons (Fsp3) is 0.0909. The average molecular weight is 202 g/mol. The van der Waals surface area contributed by atoms with Crippen molar-refractivity contribution in [3.8, 4) is 0 Å². The van der Waals surface area contributed by atoms with E-state index in [1.54, 1.807) is 24.4 Å². The van der Waals surface area contributed by atoms with Gasteiger partial charge in [-0.25, -0.2) is 9.78 Å². The van der Waals surface area contributed by atoms with Crippen LogP contribution in [0.25, 0.3) is 10.8 Å². The van der Waals surface area contributed by atoms with Gasteiger partial charge in [-0.3, -0.25) is 0 Å². The van der Waals surface area contributed by atoms with Crippen molar-refractivity contribution in [2.24, 2.45) is 0 Å². The number of rotatable bonds is 1. The maximum Gasteiger partial charge on any atom is 0.338 e. The first-order valence-corrected chi connectivity index (χ1v) is 4.45. The van der Waals surface area contributed by atoms with Gasteiger partial charge in [-0.05, 0) is 17.5 Å². The quantitative estimate of drug-likeness (QED) is 0.713. The number of carbonyl (C=O) groups is 1. The second-order valence-electron chi connectivity index (χ2n) is 3.09. The minimum Gasteiger partial charge on any atom is -0.465 e. The van der Waals surface area contributed by atoms with Crippen molar-refractivity contribution in [2.75, 3.05) is 12.8 Å². The summed E-state index contributed by atoms with van der Waals surface area (Å²) in [4.78, 5) is 15.4. The highest BCUT2D eigenvalue weighted by Gasteiger charge is 2.12. The fourth-order valence-electron chi connectivity index (χ4n) is 1.54. The molecule has 0 bridgehead atoms. The van der Waals surface area contributed by atoms with Gasteiger partial charge in [0, 0.05) is 11.6 Å². The van der Waals surface area contributed by atoms with Crippen LogP contribution < -0.4 is 5.73 Å². The molecule has 0 saturated heterocycles. The van der Waals surface area contributed by atoms with E-state index in [-0.39, 0.29) is 0 Å². The lowest BCUT2D eigenvalue weighted by molar-refractivity contribution is 0.0603. The first-order valence-electron chi connectivity index (χ1n) is 4.45. The Morgan fingerprint density at radius 3 is 2.93 bits per heavy atom. The van der Waals surface area contributed by atoms with E-state index in [9.17, 15) is 4.79 Å².